The topological polar surface area (TPSA) is 258 Å². The maximum atomic E-state index is 11.4. The summed E-state index contributed by atoms with van der Waals surface area (Å²) in [5.41, 5.74) is 9.30. The average Bonchev–Trinajstić information content (AvgIpc) is 1.63. The molecule has 8 N–H and O–H groups in total. The number of pyridine rings is 1. The molecule has 0 aliphatic carbocycles. The van der Waals surface area contributed by atoms with E-state index in [2.05, 4.69) is 193 Å². The molecule has 19 aromatic rings. The second-order valence-electron chi connectivity index (χ2n) is 24.0. The highest BCUT2D eigenvalue weighted by molar-refractivity contribution is 9.10. The first kappa shape index (κ1) is 78.7. The van der Waals surface area contributed by atoms with Crippen LogP contribution < -0.4 is 30.6 Å². The molecule has 109 heavy (non-hydrogen) atoms. The van der Waals surface area contributed by atoms with Crippen LogP contribution in [0.15, 0.2) is 266 Å². The molecule has 0 radical (unpaired) electrons. The number of nitrogens with zero attached hydrogens (tertiary/aromatic N) is 3. The normalized spacial score (nSPS) is 10.6. The summed E-state index contributed by atoms with van der Waals surface area (Å²) in [6.07, 6.45) is 9.60. The highest BCUT2D eigenvalue weighted by Gasteiger charge is 2.19. The summed E-state index contributed by atoms with van der Waals surface area (Å²) in [6.45, 7) is 0. The molecule has 0 aliphatic rings. The van der Waals surface area contributed by atoms with Crippen molar-refractivity contribution in [3.8, 4) is 56.6 Å². The fourth-order valence-corrected chi connectivity index (χ4v) is 17.7. The van der Waals surface area contributed by atoms with Gasteiger partial charge in [0.05, 0.1) is 34.0 Å². The first-order valence-corrected chi connectivity index (χ1v) is 37.2. The summed E-state index contributed by atoms with van der Waals surface area (Å²) in [5.74, 6) is 3.90. The predicted molar refractivity (Wildman–Crippen MR) is 462 cm³/mol. The van der Waals surface area contributed by atoms with E-state index in [1.807, 2.05) is 89.7 Å². The van der Waals surface area contributed by atoms with Crippen LogP contribution in [0.2, 0.25) is 0 Å². The van der Waals surface area contributed by atoms with E-state index < -0.39 is 7.12 Å². The number of benzene rings is 12. The van der Waals surface area contributed by atoms with Crippen LogP contribution >= 0.6 is 78.3 Å². The maximum absolute atomic E-state index is 11.4. The van der Waals surface area contributed by atoms with E-state index in [-0.39, 0.29) is 41.2 Å². The molecule has 0 unspecified atom stereocenters. The van der Waals surface area contributed by atoms with E-state index in [0.717, 1.165) is 73.0 Å². The first-order chi connectivity index (χ1) is 51.9. The van der Waals surface area contributed by atoms with Crippen molar-refractivity contribution in [1.29, 1.82) is 0 Å². The minimum Gasteiger partial charge on any atom is -0.497 e. The molecule has 0 bridgehead atoms. The van der Waals surface area contributed by atoms with Crippen molar-refractivity contribution in [1.82, 2.24) is 25.5 Å². The monoisotopic (exact) mass is 1640 g/mol. The number of aldehydes is 4. The van der Waals surface area contributed by atoms with Gasteiger partial charge >= 0.3 is 7.12 Å². The molecule has 0 atom stereocenters. The van der Waals surface area contributed by atoms with Crippen molar-refractivity contribution in [2.75, 3.05) is 28.4 Å². The lowest BCUT2D eigenvalue weighted by molar-refractivity contribution is -0.122. The molecule has 0 aliphatic heterocycles. The van der Waals surface area contributed by atoms with Gasteiger partial charge in [-0.15, -0.1) is 62.3 Å². The number of nitrogens with one attached hydrogen (secondary N) is 1. The number of rotatable bonds is 11. The number of thiophene rings is 4. The van der Waals surface area contributed by atoms with Crippen LogP contribution in [0.5, 0.6) is 23.0 Å². The van der Waals surface area contributed by atoms with E-state index in [1.54, 1.807) is 87.6 Å². The molecule has 0 spiro atoms. The zero-order chi connectivity index (χ0) is 73.4. The summed E-state index contributed by atoms with van der Waals surface area (Å²) in [5, 5.41) is 31.8. The first-order valence-electron chi connectivity index (χ1n) is 33.2. The van der Waals surface area contributed by atoms with E-state index in [9.17, 15) is 9.59 Å². The van der Waals surface area contributed by atoms with Crippen molar-refractivity contribution in [3.05, 3.63) is 277 Å². The quantitative estimate of drug-likeness (QED) is 0.0407. The molecule has 16 nitrogen and oxygen atoms in total. The van der Waals surface area contributed by atoms with Gasteiger partial charge in [-0.25, -0.2) is 9.97 Å². The molecule has 0 saturated heterocycles. The van der Waals surface area contributed by atoms with Crippen LogP contribution in [0, 0.1) is 0 Å². The Morgan fingerprint density at radius 3 is 1.41 bits per heavy atom. The summed E-state index contributed by atoms with van der Waals surface area (Å²) >= 11 is 10.4. The summed E-state index contributed by atoms with van der Waals surface area (Å²) < 4.78 is 34.2. The Morgan fingerprint density at radius 1 is 0.422 bits per heavy atom. The van der Waals surface area contributed by atoms with E-state index in [4.69, 9.17) is 38.6 Å². The number of aromatic nitrogens is 4. The Kier molecular flexibility index (Phi) is 25.7. The summed E-state index contributed by atoms with van der Waals surface area (Å²) in [7, 11) is 5.16. The minimum atomic E-state index is -1.40. The van der Waals surface area contributed by atoms with Crippen molar-refractivity contribution in [2.45, 2.75) is 0 Å². The number of fused-ring (bicyclic) bond motifs is 19. The van der Waals surface area contributed by atoms with E-state index >= 15 is 0 Å². The Bertz CT molecular complexity index is 6490. The third-order valence-electron chi connectivity index (χ3n) is 18.0. The maximum Gasteiger partial charge on any atom is 0.488 e. The van der Waals surface area contributed by atoms with Crippen LogP contribution in [0.3, 0.4) is 0 Å². The summed E-state index contributed by atoms with van der Waals surface area (Å²) in [4.78, 5) is 51.8. The van der Waals surface area contributed by atoms with Gasteiger partial charge in [0, 0.05) is 132 Å². The van der Waals surface area contributed by atoms with Gasteiger partial charge in [-0.1, -0.05) is 119 Å². The van der Waals surface area contributed by atoms with Crippen molar-refractivity contribution >= 4 is 224 Å². The van der Waals surface area contributed by atoms with Crippen LogP contribution in [0.25, 0.3) is 142 Å². The number of ether oxygens (including phenoxy) is 4. The zero-order valence-corrected chi connectivity index (χ0v) is 65.4. The molecule has 0 amide bonds. The van der Waals surface area contributed by atoms with Crippen molar-refractivity contribution < 1.29 is 53.6 Å². The van der Waals surface area contributed by atoms with Gasteiger partial charge in [-0.05, 0) is 172 Å². The van der Waals surface area contributed by atoms with Gasteiger partial charge in [-0.3, -0.25) is 23.6 Å². The molecule has 19 rings (SSSR count). The lowest BCUT2D eigenvalue weighted by atomic mass is 9.80. The third kappa shape index (κ3) is 16.3. The number of methoxy groups -OCH3 is 4. The van der Waals surface area contributed by atoms with Gasteiger partial charge in [0.2, 0.25) is 0 Å². The molecule has 12 aromatic carbocycles. The van der Waals surface area contributed by atoms with Crippen LogP contribution in [-0.2, 0) is 9.59 Å². The van der Waals surface area contributed by atoms with Gasteiger partial charge < -0.3 is 45.6 Å². The number of carbonyl (C=O) groups excluding carboxylic acids is 4. The van der Waals surface area contributed by atoms with Gasteiger partial charge in [0.15, 0.2) is 25.1 Å². The minimum absolute atomic E-state index is 0. The van der Waals surface area contributed by atoms with E-state index in [1.165, 1.54) is 97.2 Å². The number of carbonyl (C=O) groups is 4. The smallest absolute Gasteiger partial charge is 0.488 e. The SMILES string of the molecule is Br.COc1ccc(-c2ccc3sc4ccccc4c3c2)c(-c2ncc[nH]2)c1.COc1ccc(-c2ccc3sc4ccccc4c3c2)c(C=O)c1.COc1ccc(Br)c(C=O)c1.COc1ccc2c(c1)c1nccn1c1c2ccc2sc3ccccc3c21.N.O.O=CC=O.OB(O)c1ccc2sc3ccccc3c2c1. The second-order valence-corrected chi connectivity index (χ2v) is 29.2. The molecule has 544 valence electrons. The number of H-pyrrole nitrogens is 1. The third-order valence-corrected chi connectivity index (χ3v) is 23.3. The molecule has 7 aromatic heterocycles. The van der Waals surface area contributed by atoms with Gasteiger partial charge in [0.1, 0.15) is 34.5 Å². The zero-order valence-electron chi connectivity index (χ0n) is 58.8. The Morgan fingerprint density at radius 2 is 0.872 bits per heavy atom. The van der Waals surface area contributed by atoms with Gasteiger partial charge in [-0.2, -0.15) is 0 Å². The molecular formula is C86H68BBr2N5O11S4. The van der Waals surface area contributed by atoms with E-state index in [0.29, 0.717) is 28.1 Å². The van der Waals surface area contributed by atoms with Crippen molar-refractivity contribution in [2.24, 2.45) is 0 Å². The second kappa shape index (κ2) is 35.6. The Labute approximate surface area is 660 Å². The van der Waals surface area contributed by atoms with Crippen LogP contribution in [0.1, 0.15) is 20.7 Å². The fraction of sp³-hybridized carbons (Fsp3) is 0.0465. The lowest BCUT2D eigenvalue weighted by Gasteiger charge is -2.11. The molecule has 23 heteroatoms. The van der Waals surface area contributed by atoms with Crippen molar-refractivity contribution in [3.63, 3.8) is 0 Å². The molecule has 7 heterocycles. The number of imidazole rings is 2. The summed E-state index contributed by atoms with van der Waals surface area (Å²) in [6, 6.07) is 80.1. The lowest BCUT2D eigenvalue weighted by Crippen LogP contribution is -2.29. The number of hydrogen-bond donors (Lipinski definition) is 4. The standard InChI is InChI=1S/C22H14N2OS.C22H16N2OS.C20H14O2S.C12H9BO2S.C8H7BrO2.C2H2O2.BrH.H3N.H2O/c1-25-13-6-7-14-15-8-9-19-20(16-4-2-3-5-18(16)26-19)21(15)24-11-10-23-22(24)17(14)12-13;1-25-15-7-8-16(19(13-15)22-23-10-11-24-22)14-6-9-21-18(12-14)17-4-2-3-5-20(17)26-21;1-22-15-7-8-16(14(10-15)12-21)13-6-9-20-18(11-13)17-4-2-3-5-19(17)23-20;14-13(15)8-5-6-12-10(7-8)9-3-1-2-4-11(9)16-12;1-11-7-2-3-8(9)6(4-7)5-10;3-1-2-4;;;/h2-12H,1H3;2-13H,1H3,(H,23,24);2-12H,1H3;1-7,14-15H;2-5H,1H3;1-2H;1H;1H3;1H2. The predicted octanol–water partition coefficient (Wildman–Crippen LogP) is 21.0. The largest absolute Gasteiger partial charge is 0.497 e. The Hall–Kier alpha value is -11.3. The number of halogens is 2. The highest BCUT2D eigenvalue weighted by atomic mass is 79.9. The van der Waals surface area contributed by atoms with Crippen LogP contribution in [0.4, 0.5) is 0 Å². The van der Waals surface area contributed by atoms with Gasteiger partial charge in [0.25, 0.3) is 0 Å². The number of hydrogen-bond acceptors (Lipinski definition) is 17. The fourth-order valence-electron chi connectivity index (χ4n) is 13.0. The average molecular weight is 1650 g/mol. The Balaban J connectivity index is 0.000000136. The molecular weight excluding hydrogens is 1580 g/mol. The molecule has 0 fully saturated rings. The molecule has 0 saturated carbocycles. The highest BCUT2D eigenvalue weighted by Crippen LogP contribution is 2.44. The van der Waals surface area contributed by atoms with Crippen LogP contribution in [-0.4, -0.2) is 95.6 Å². The number of aromatic amines is 1.